The molecule has 0 aliphatic carbocycles. The number of amides is 1. The van der Waals surface area contributed by atoms with E-state index >= 15 is 0 Å². The Morgan fingerprint density at radius 1 is 1.33 bits per heavy atom. The lowest BCUT2D eigenvalue weighted by Gasteiger charge is -2.37. The monoisotopic (exact) mass is 302 g/mol. The second-order valence-electron chi connectivity index (χ2n) is 5.41. The molecule has 1 aromatic carbocycles. The Balaban J connectivity index is 2.00. The third-order valence-electron chi connectivity index (χ3n) is 4.13. The minimum Gasteiger partial charge on any atom is -0.333 e. The van der Waals surface area contributed by atoms with Crippen molar-refractivity contribution >= 4 is 28.4 Å². The molecule has 2 heterocycles. The summed E-state index contributed by atoms with van der Waals surface area (Å²) in [6.07, 6.45) is 0. The van der Waals surface area contributed by atoms with Gasteiger partial charge in [-0.05, 0) is 24.4 Å². The van der Waals surface area contributed by atoms with Crippen molar-refractivity contribution < 1.29 is 4.79 Å². The standard InChI is InChI=1S/C16H18N2O2S/c1-10-11(2)21-8-7-18(10)16(20)14-9-12-5-3-4-6-13(12)15(19)17-14/h3-6,9-11H,7-8H2,1-2H3,(H,17,19). The maximum atomic E-state index is 12.7. The molecule has 0 radical (unpaired) electrons. The van der Waals surface area contributed by atoms with Crippen LogP contribution in [0.3, 0.4) is 0 Å². The summed E-state index contributed by atoms with van der Waals surface area (Å²) in [5.74, 6) is 0.854. The summed E-state index contributed by atoms with van der Waals surface area (Å²) >= 11 is 1.88. The molecule has 110 valence electrons. The van der Waals surface area contributed by atoms with Gasteiger partial charge in [0, 0.05) is 29.0 Å². The van der Waals surface area contributed by atoms with Crippen LogP contribution >= 0.6 is 11.8 Å². The van der Waals surface area contributed by atoms with Gasteiger partial charge in [-0.15, -0.1) is 0 Å². The van der Waals surface area contributed by atoms with Gasteiger partial charge >= 0.3 is 0 Å². The number of benzene rings is 1. The molecule has 1 aromatic heterocycles. The number of nitrogens with zero attached hydrogens (tertiary/aromatic N) is 1. The highest BCUT2D eigenvalue weighted by molar-refractivity contribution is 8.00. The van der Waals surface area contributed by atoms with Crippen molar-refractivity contribution in [3.63, 3.8) is 0 Å². The van der Waals surface area contributed by atoms with Gasteiger partial charge in [0.1, 0.15) is 5.69 Å². The zero-order chi connectivity index (χ0) is 15.0. The molecular formula is C16H18N2O2S. The fourth-order valence-corrected chi connectivity index (χ4v) is 3.80. The Morgan fingerprint density at radius 2 is 2.10 bits per heavy atom. The quantitative estimate of drug-likeness (QED) is 0.880. The van der Waals surface area contributed by atoms with E-state index in [0.717, 1.165) is 17.7 Å². The van der Waals surface area contributed by atoms with E-state index < -0.39 is 0 Å². The predicted octanol–water partition coefficient (Wildman–Crippen LogP) is 2.49. The topological polar surface area (TPSA) is 53.2 Å². The maximum Gasteiger partial charge on any atom is 0.270 e. The Bertz CT molecular complexity index is 740. The van der Waals surface area contributed by atoms with Crippen molar-refractivity contribution in [2.45, 2.75) is 25.1 Å². The largest absolute Gasteiger partial charge is 0.333 e. The number of H-pyrrole nitrogens is 1. The minimum absolute atomic E-state index is 0.0856. The van der Waals surface area contributed by atoms with E-state index in [4.69, 9.17) is 0 Å². The number of thioether (sulfide) groups is 1. The Hall–Kier alpha value is -1.75. The molecule has 5 heteroatoms. The van der Waals surface area contributed by atoms with Gasteiger partial charge in [0.25, 0.3) is 11.5 Å². The highest BCUT2D eigenvalue weighted by atomic mass is 32.2. The molecule has 0 bridgehead atoms. The molecule has 1 aliphatic rings. The van der Waals surface area contributed by atoms with Crippen molar-refractivity contribution in [2.24, 2.45) is 0 Å². The summed E-state index contributed by atoms with van der Waals surface area (Å²) in [4.78, 5) is 29.4. The zero-order valence-electron chi connectivity index (χ0n) is 12.1. The van der Waals surface area contributed by atoms with Crippen LogP contribution in [-0.4, -0.2) is 39.4 Å². The van der Waals surface area contributed by atoms with E-state index in [1.165, 1.54) is 0 Å². The summed E-state index contributed by atoms with van der Waals surface area (Å²) in [6.45, 7) is 4.93. The third kappa shape index (κ3) is 2.58. The van der Waals surface area contributed by atoms with Crippen molar-refractivity contribution in [3.8, 4) is 0 Å². The number of nitrogens with one attached hydrogen (secondary N) is 1. The first kappa shape index (κ1) is 14.2. The van der Waals surface area contributed by atoms with E-state index in [-0.39, 0.29) is 17.5 Å². The van der Waals surface area contributed by atoms with E-state index in [0.29, 0.717) is 16.3 Å². The van der Waals surface area contributed by atoms with E-state index in [2.05, 4.69) is 18.8 Å². The van der Waals surface area contributed by atoms with Crippen molar-refractivity contribution in [1.82, 2.24) is 9.88 Å². The average molecular weight is 302 g/mol. The molecule has 1 saturated heterocycles. The molecule has 0 spiro atoms. The van der Waals surface area contributed by atoms with Crippen molar-refractivity contribution in [1.29, 1.82) is 0 Å². The Morgan fingerprint density at radius 3 is 2.90 bits per heavy atom. The highest BCUT2D eigenvalue weighted by Crippen LogP contribution is 2.25. The molecule has 4 nitrogen and oxygen atoms in total. The van der Waals surface area contributed by atoms with E-state index in [1.54, 1.807) is 12.1 Å². The number of rotatable bonds is 1. The van der Waals surface area contributed by atoms with Crippen LogP contribution in [0.15, 0.2) is 35.1 Å². The summed E-state index contributed by atoms with van der Waals surface area (Å²) in [5.41, 5.74) is 0.174. The van der Waals surface area contributed by atoms with Crippen molar-refractivity contribution in [3.05, 3.63) is 46.4 Å². The molecule has 3 rings (SSSR count). The molecule has 1 amide bonds. The summed E-state index contributed by atoms with van der Waals surface area (Å²) in [7, 11) is 0. The van der Waals surface area contributed by atoms with Crippen LogP contribution in [0.25, 0.3) is 10.8 Å². The molecule has 1 fully saturated rings. The highest BCUT2D eigenvalue weighted by Gasteiger charge is 2.30. The van der Waals surface area contributed by atoms with Crippen LogP contribution in [0.4, 0.5) is 0 Å². The predicted molar refractivity (Wildman–Crippen MR) is 87.0 cm³/mol. The number of carbonyl (C=O) groups is 1. The van der Waals surface area contributed by atoms with Crippen LogP contribution in [-0.2, 0) is 0 Å². The molecule has 2 unspecified atom stereocenters. The van der Waals surface area contributed by atoms with Crippen molar-refractivity contribution in [2.75, 3.05) is 12.3 Å². The fourth-order valence-electron chi connectivity index (χ4n) is 2.70. The molecule has 1 N–H and O–H groups in total. The van der Waals surface area contributed by atoms with Gasteiger partial charge in [-0.2, -0.15) is 11.8 Å². The van der Waals surface area contributed by atoms with Gasteiger partial charge in [-0.25, -0.2) is 0 Å². The first-order valence-electron chi connectivity index (χ1n) is 7.12. The first-order valence-corrected chi connectivity index (χ1v) is 8.17. The first-order chi connectivity index (χ1) is 10.1. The number of hydrogen-bond acceptors (Lipinski definition) is 3. The molecule has 21 heavy (non-hydrogen) atoms. The van der Waals surface area contributed by atoms with Gasteiger partial charge in [0.2, 0.25) is 0 Å². The fraction of sp³-hybridized carbons (Fsp3) is 0.375. The summed E-state index contributed by atoms with van der Waals surface area (Å²) in [5, 5.41) is 1.83. The molecule has 2 aromatic rings. The van der Waals surface area contributed by atoms with Gasteiger partial charge in [0.15, 0.2) is 0 Å². The van der Waals surface area contributed by atoms with Crippen LogP contribution in [0.5, 0.6) is 0 Å². The zero-order valence-corrected chi connectivity index (χ0v) is 12.9. The van der Waals surface area contributed by atoms with E-state index in [9.17, 15) is 9.59 Å². The number of aromatic nitrogens is 1. The molecule has 1 aliphatic heterocycles. The molecular weight excluding hydrogens is 284 g/mol. The average Bonchev–Trinajstić information content (AvgIpc) is 2.49. The van der Waals surface area contributed by atoms with Gasteiger partial charge in [-0.1, -0.05) is 25.1 Å². The lowest BCUT2D eigenvalue weighted by molar-refractivity contribution is 0.0692. The van der Waals surface area contributed by atoms with Gasteiger partial charge in [0.05, 0.1) is 0 Å². The number of carbonyl (C=O) groups excluding carboxylic acids is 1. The summed E-state index contributed by atoms with van der Waals surface area (Å²) in [6, 6.07) is 9.27. The number of pyridine rings is 1. The Kier molecular flexibility index (Phi) is 3.76. The number of hydrogen-bond donors (Lipinski definition) is 1. The van der Waals surface area contributed by atoms with Crippen LogP contribution in [0.1, 0.15) is 24.3 Å². The Labute approximate surface area is 127 Å². The van der Waals surface area contributed by atoms with Crippen LogP contribution < -0.4 is 5.56 Å². The minimum atomic E-state index is -0.205. The van der Waals surface area contributed by atoms with Crippen LogP contribution in [0, 0.1) is 0 Å². The smallest absolute Gasteiger partial charge is 0.270 e. The second-order valence-corrected chi connectivity index (χ2v) is 6.90. The third-order valence-corrected chi connectivity index (χ3v) is 5.47. The van der Waals surface area contributed by atoms with Gasteiger partial charge < -0.3 is 9.88 Å². The van der Waals surface area contributed by atoms with E-state index in [1.807, 2.05) is 34.9 Å². The summed E-state index contributed by atoms with van der Waals surface area (Å²) < 4.78 is 0. The maximum absolute atomic E-state index is 12.7. The molecule has 2 atom stereocenters. The number of aromatic amines is 1. The SMILES string of the molecule is CC1SCCN(C(=O)c2cc3ccccc3c(=O)[nH]2)C1C. The molecule has 0 saturated carbocycles. The second kappa shape index (κ2) is 5.56. The van der Waals surface area contributed by atoms with Crippen LogP contribution in [0.2, 0.25) is 0 Å². The lowest BCUT2D eigenvalue weighted by atomic mass is 10.1. The number of fused-ring (bicyclic) bond motifs is 1. The van der Waals surface area contributed by atoms with Gasteiger partial charge in [-0.3, -0.25) is 9.59 Å². The lowest BCUT2D eigenvalue weighted by Crippen LogP contribution is -2.48. The normalized spacial score (nSPS) is 22.5.